The van der Waals surface area contributed by atoms with Crippen LogP contribution in [0.25, 0.3) is 0 Å². The fourth-order valence-corrected chi connectivity index (χ4v) is 4.52. The molecule has 0 N–H and O–H groups in total. The minimum Gasteiger partial charge on any atom is -0.432 e. The Hall–Kier alpha value is -1.33. The highest BCUT2D eigenvalue weighted by Crippen LogP contribution is 2.45. The van der Waals surface area contributed by atoms with Gasteiger partial charge in [-0.05, 0) is 56.3 Å². The molecule has 0 aliphatic heterocycles. The van der Waals surface area contributed by atoms with Crippen molar-refractivity contribution in [2.24, 2.45) is 23.7 Å². The fourth-order valence-electron chi connectivity index (χ4n) is 4.52. The average Bonchev–Trinajstić information content (AvgIpc) is 2.60. The number of hydrogen-bond donors (Lipinski definition) is 0. The number of benzene rings is 1. The van der Waals surface area contributed by atoms with Crippen LogP contribution in [-0.4, -0.2) is 6.11 Å². The van der Waals surface area contributed by atoms with E-state index in [0.29, 0.717) is 36.8 Å². The summed E-state index contributed by atoms with van der Waals surface area (Å²) < 4.78 is 72.8. The first-order chi connectivity index (χ1) is 12.3. The second-order valence-corrected chi connectivity index (χ2v) is 8.00. The number of rotatable bonds is 4. The molecule has 0 amide bonds. The number of halogens is 5. The Morgan fingerprint density at radius 1 is 0.852 bits per heavy atom. The smallest absolute Gasteiger partial charge is 0.400 e. The molecule has 158 valence electrons. The van der Waals surface area contributed by atoms with Crippen molar-refractivity contribution in [2.45, 2.75) is 71.8 Å². The van der Waals surface area contributed by atoms with Crippen molar-refractivity contribution in [2.75, 3.05) is 0 Å². The third-order valence-corrected chi connectivity index (χ3v) is 6.19. The second kappa shape index (κ2) is 8.78. The van der Waals surface area contributed by atoms with Crippen LogP contribution in [-0.2, 0) is 0 Å². The van der Waals surface area contributed by atoms with Crippen LogP contribution in [0.1, 0.15) is 68.6 Å². The summed E-state index contributed by atoms with van der Waals surface area (Å²) in [6.45, 7) is 2.26. The van der Waals surface area contributed by atoms with Gasteiger partial charge in [0.15, 0.2) is 17.5 Å². The van der Waals surface area contributed by atoms with Crippen LogP contribution >= 0.6 is 0 Å². The van der Waals surface area contributed by atoms with E-state index >= 15 is 0 Å². The maximum Gasteiger partial charge on any atom is 0.400 e. The van der Waals surface area contributed by atoms with Crippen LogP contribution in [0.5, 0.6) is 5.75 Å². The van der Waals surface area contributed by atoms with Gasteiger partial charge in [-0.2, -0.15) is 8.78 Å². The van der Waals surface area contributed by atoms with E-state index in [1.807, 2.05) is 0 Å². The zero-order valence-electron chi connectivity index (χ0n) is 14.9. The topological polar surface area (TPSA) is 9.23 Å². The molecule has 0 spiro atoms. The number of ether oxygens (including phenoxy) is 1. The zero-order chi connectivity index (χ0) is 18.9. The molecule has 1 aromatic carbocycles. The van der Waals surface area contributed by atoms with Gasteiger partial charge >= 0.3 is 6.11 Å². The van der Waals surface area contributed by atoms with Gasteiger partial charge in [0.2, 0.25) is 0 Å². The molecule has 0 radical (unpaired) electrons. The molecule has 0 saturated heterocycles. The van der Waals surface area contributed by atoms with Crippen LogP contribution in [0, 0.1) is 41.1 Å². The summed E-state index contributed by atoms with van der Waals surface area (Å²) in [5, 5.41) is 0. The van der Waals surface area contributed by atoms with Crippen molar-refractivity contribution >= 4 is 0 Å². The van der Waals surface area contributed by atoms with E-state index in [9.17, 15) is 22.0 Å². The minimum absolute atomic E-state index is 0. The summed E-state index contributed by atoms with van der Waals surface area (Å²) in [4.78, 5) is 0. The van der Waals surface area contributed by atoms with Gasteiger partial charge in [0.1, 0.15) is 5.75 Å². The summed E-state index contributed by atoms with van der Waals surface area (Å²) in [5.74, 6) is -4.57. The van der Waals surface area contributed by atoms with Gasteiger partial charge in [-0.3, -0.25) is 0 Å². The van der Waals surface area contributed by atoms with Crippen molar-refractivity contribution in [3.8, 4) is 5.75 Å². The quantitative estimate of drug-likeness (QED) is 0.372. The summed E-state index contributed by atoms with van der Waals surface area (Å²) in [7, 11) is 0. The first kappa shape index (κ1) is 22.0. The van der Waals surface area contributed by atoms with E-state index < -0.39 is 35.2 Å². The Kier molecular flexibility index (Phi) is 7.14. The maximum atomic E-state index is 14.4. The van der Waals surface area contributed by atoms with E-state index in [0.717, 1.165) is 18.8 Å². The van der Waals surface area contributed by atoms with Gasteiger partial charge in [-0.1, -0.05) is 27.2 Å². The molecule has 2 aliphatic carbocycles. The summed E-state index contributed by atoms with van der Waals surface area (Å²) in [5.41, 5.74) is 0. The Morgan fingerprint density at radius 3 is 1.78 bits per heavy atom. The van der Waals surface area contributed by atoms with Crippen molar-refractivity contribution in [3.63, 3.8) is 0 Å². The molecule has 0 aromatic heterocycles. The Morgan fingerprint density at radius 2 is 1.30 bits per heavy atom. The van der Waals surface area contributed by atoms with Gasteiger partial charge in [-0.15, -0.1) is 0 Å². The normalized spacial score (nSPS) is 29.1. The van der Waals surface area contributed by atoms with E-state index in [4.69, 9.17) is 0 Å². The highest BCUT2D eigenvalue weighted by Gasteiger charge is 2.45. The van der Waals surface area contributed by atoms with Gasteiger partial charge in [0, 0.05) is 15.0 Å². The van der Waals surface area contributed by atoms with Gasteiger partial charge in [0.25, 0.3) is 0 Å². The molecule has 0 unspecified atom stereocenters. The van der Waals surface area contributed by atoms with E-state index in [1.54, 1.807) is 0 Å². The predicted octanol–water partition coefficient (Wildman–Crippen LogP) is 7.84. The Bertz CT molecular complexity index is 604. The lowest BCUT2D eigenvalue weighted by molar-refractivity contribution is -0.224. The molecule has 0 bridgehead atoms. The largest absolute Gasteiger partial charge is 0.432 e. The van der Waals surface area contributed by atoms with E-state index in [1.165, 1.54) is 25.7 Å². The molecule has 6 heteroatoms. The zero-order valence-corrected chi connectivity index (χ0v) is 14.9. The summed E-state index contributed by atoms with van der Waals surface area (Å²) in [6, 6.07) is 0.919. The first-order valence-electron chi connectivity index (χ1n) is 9.47. The summed E-state index contributed by atoms with van der Waals surface area (Å²) >= 11 is 0. The maximum absolute atomic E-state index is 14.4. The van der Waals surface area contributed by atoms with Gasteiger partial charge < -0.3 is 4.74 Å². The molecule has 2 aliphatic rings. The van der Waals surface area contributed by atoms with Crippen LogP contribution in [0.3, 0.4) is 0 Å². The monoisotopic (exact) mass is 396 g/mol. The molecular formula is C21H33F5O. The molecular weight excluding hydrogens is 363 g/mol. The van der Waals surface area contributed by atoms with Gasteiger partial charge in [-0.25, -0.2) is 13.2 Å². The number of hydrogen-bond acceptors (Lipinski definition) is 1. The standard InChI is InChI=1S/C20H25F5O.CH4.2H2/c1-12-2-4-13(5-3-12)14-6-8-15(9-7-14)20(24,25)26-16-10-17(21)19(23)18(22)11-16;;;/h10-15H,2-9H2,1H3;1H4;2*1H. The molecule has 0 heterocycles. The van der Waals surface area contributed by atoms with Crippen LogP contribution in [0.2, 0.25) is 0 Å². The molecule has 0 atom stereocenters. The molecule has 3 rings (SSSR count). The molecule has 1 nitrogen and oxygen atoms in total. The highest BCUT2D eigenvalue weighted by molar-refractivity contribution is 5.25. The third-order valence-electron chi connectivity index (χ3n) is 6.19. The summed E-state index contributed by atoms with van der Waals surface area (Å²) in [6.07, 6.45) is 3.38. The van der Waals surface area contributed by atoms with Crippen LogP contribution in [0.4, 0.5) is 22.0 Å². The van der Waals surface area contributed by atoms with E-state index in [2.05, 4.69) is 11.7 Å². The van der Waals surface area contributed by atoms with Crippen LogP contribution < -0.4 is 4.74 Å². The molecule has 2 saturated carbocycles. The van der Waals surface area contributed by atoms with Crippen molar-refractivity contribution < 1.29 is 29.5 Å². The Balaban J connectivity index is 0.00000261. The lowest BCUT2D eigenvalue weighted by atomic mass is 9.69. The van der Waals surface area contributed by atoms with Gasteiger partial charge in [0.05, 0.1) is 5.92 Å². The lowest BCUT2D eigenvalue weighted by Crippen LogP contribution is -2.38. The third kappa shape index (κ3) is 5.14. The molecule has 2 fully saturated rings. The fraction of sp³-hybridized carbons (Fsp3) is 0.714. The minimum atomic E-state index is -3.53. The predicted molar refractivity (Wildman–Crippen MR) is 99.4 cm³/mol. The molecule has 1 aromatic rings. The van der Waals surface area contributed by atoms with Crippen molar-refractivity contribution in [3.05, 3.63) is 29.6 Å². The van der Waals surface area contributed by atoms with Crippen LogP contribution in [0.15, 0.2) is 12.1 Å². The number of alkyl halides is 2. The SMILES string of the molecule is C.CC1CCC(C2CCC(C(F)(F)Oc3cc(F)c(F)c(F)c3)CC2)CC1.[HH].[HH]. The van der Waals surface area contributed by atoms with Crippen molar-refractivity contribution in [1.82, 2.24) is 0 Å². The second-order valence-electron chi connectivity index (χ2n) is 8.00. The Labute approximate surface area is 161 Å². The highest BCUT2D eigenvalue weighted by atomic mass is 19.3. The molecule has 27 heavy (non-hydrogen) atoms. The van der Waals surface area contributed by atoms with Crippen molar-refractivity contribution in [1.29, 1.82) is 0 Å². The average molecular weight is 396 g/mol. The first-order valence-corrected chi connectivity index (χ1v) is 9.47. The van der Waals surface area contributed by atoms with E-state index in [-0.39, 0.29) is 10.3 Å². The lowest BCUT2D eigenvalue weighted by Gasteiger charge is -2.38.